The van der Waals surface area contributed by atoms with Crippen molar-refractivity contribution in [1.29, 1.82) is 0 Å². The number of primary amides is 1. The van der Waals surface area contributed by atoms with Crippen LogP contribution in [0.1, 0.15) is 27.2 Å². The number of pyridine rings is 1. The zero-order valence-electron chi connectivity index (χ0n) is 18.3. The number of anilines is 1. The lowest BCUT2D eigenvalue weighted by atomic mass is 9.96. The van der Waals surface area contributed by atoms with Gasteiger partial charge in [-0.25, -0.2) is 9.97 Å². The standard InChI is InChI=1S/C23H26N4O5/c1-4-30-18-13-16(19-14-25-15-32-19)8-9-17(18)27(22(29)21(24)28)23(2,3)10-12-31-20-7-5-6-11-26-20/h5-9,11,13-15H,4,10,12H2,1-3H3,(H2,24,28). The molecular weight excluding hydrogens is 412 g/mol. The largest absolute Gasteiger partial charge is 0.492 e. The summed E-state index contributed by atoms with van der Waals surface area (Å²) in [5, 5.41) is 0. The van der Waals surface area contributed by atoms with Gasteiger partial charge in [0.1, 0.15) is 5.75 Å². The van der Waals surface area contributed by atoms with E-state index in [-0.39, 0.29) is 6.61 Å². The molecule has 2 heterocycles. The van der Waals surface area contributed by atoms with Crippen LogP contribution in [0.2, 0.25) is 0 Å². The van der Waals surface area contributed by atoms with E-state index in [0.717, 1.165) is 5.56 Å². The number of nitrogens with two attached hydrogens (primary N) is 1. The monoisotopic (exact) mass is 438 g/mol. The fourth-order valence-electron chi connectivity index (χ4n) is 3.25. The van der Waals surface area contributed by atoms with Crippen LogP contribution in [0.15, 0.2) is 59.6 Å². The molecule has 0 saturated heterocycles. The molecule has 9 heteroatoms. The van der Waals surface area contributed by atoms with Crippen LogP contribution >= 0.6 is 0 Å². The van der Waals surface area contributed by atoms with E-state index in [4.69, 9.17) is 19.6 Å². The normalized spacial score (nSPS) is 11.1. The number of oxazole rings is 1. The summed E-state index contributed by atoms with van der Waals surface area (Å²) in [7, 11) is 0. The molecule has 0 fully saturated rings. The second-order valence-electron chi connectivity index (χ2n) is 7.56. The highest BCUT2D eigenvalue weighted by Crippen LogP contribution is 2.38. The van der Waals surface area contributed by atoms with E-state index in [9.17, 15) is 9.59 Å². The molecule has 0 saturated carbocycles. The Morgan fingerprint density at radius 2 is 2.00 bits per heavy atom. The van der Waals surface area contributed by atoms with Gasteiger partial charge in [0.05, 0.1) is 25.1 Å². The highest BCUT2D eigenvalue weighted by atomic mass is 16.5. The topological polar surface area (TPSA) is 121 Å². The molecule has 9 nitrogen and oxygen atoms in total. The molecule has 2 aromatic heterocycles. The van der Waals surface area contributed by atoms with Gasteiger partial charge in [-0.3, -0.25) is 14.5 Å². The molecule has 0 bridgehead atoms. The van der Waals surface area contributed by atoms with Crippen LogP contribution in [0.4, 0.5) is 5.69 Å². The van der Waals surface area contributed by atoms with Crippen LogP contribution in [-0.2, 0) is 9.59 Å². The molecule has 0 aliphatic carbocycles. The number of ether oxygens (including phenoxy) is 2. The summed E-state index contributed by atoms with van der Waals surface area (Å²) in [6.07, 6.45) is 4.94. The smallest absolute Gasteiger partial charge is 0.316 e. The van der Waals surface area contributed by atoms with Crippen LogP contribution in [0, 0.1) is 0 Å². The predicted molar refractivity (Wildman–Crippen MR) is 118 cm³/mol. The highest BCUT2D eigenvalue weighted by molar-refractivity contribution is 6.40. The van der Waals surface area contributed by atoms with Gasteiger partial charge in [0.15, 0.2) is 12.2 Å². The molecule has 0 aliphatic rings. The molecule has 168 valence electrons. The summed E-state index contributed by atoms with van der Waals surface area (Å²) in [4.78, 5) is 34.2. The zero-order valence-corrected chi connectivity index (χ0v) is 18.3. The Morgan fingerprint density at radius 3 is 2.62 bits per heavy atom. The molecule has 0 unspecified atom stereocenters. The lowest BCUT2D eigenvalue weighted by Crippen LogP contribution is -2.53. The van der Waals surface area contributed by atoms with Gasteiger partial charge in [0.2, 0.25) is 5.88 Å². The van der Waals surface area contributed by atoms with Gasteiger partial charge in [-0.05, 0) is 45.0 Å². The lowest BCUT2D eigenvalue weighted by Gasteiger charge is -2.38. The van der Waals surface area contributed by atoms with Gasteiger partial charge < -0.3 is 19.6 Å². The number of carbonyl (C=O) groups excluding carboxylic acids is 2. The maximum atomic E-state index is 12.9. The number of hydrogen-bond acceptors (Lipinski definition) is 7. The zero-order chi connectivity index (χ0) is 23.1. The molecule has 1 aromatic carbocycles. The van der Waals surface area contributed by atoms with Gasteiger partial charge in [0.25, 0.3) is 0 Å². The molecule has 32 heavy (non-hydrogen) atoms. The van der Waals surface area contributed by atoms with E-state index in [1.54, 1.807) is 42.7 Å². The van der Waals surface area contributed by atoms with E-state index >= 15 is 0 Å². The van der Waals surface area contributed by atoms with Crippen LogP contribution in [0.5, 0.6) is 11.6 Å². The average Bonchev–Trinajstić information content (AvgIpc) is 3.30. The lowest BCUT2D eigenvalue weighted by molar-refractivity contribution is -0.136. The van der Waals surface area contributed by atoms with Crippen molar-refractivity contribution in [2.45, 2.75) is 32.7 Å². The molecule has 0 aliphatic heterocycles. The molecule has 0 spiro atoms. The minimum Gasteiger partial charge on any atom is -0.492 e. The third-order valence-electron chi connectivity index (χ3n) is 4.84. The van der Waals surface area contributed by atoms with Crippen LogP contribution in [0.3, 0.4) is 0 Å². The maximum Gasteiger partial charge on any atom is 0.316 e. The van der Waals surface area contributed by atoms with Crippen molar-refractivity contribution < 1.29 is 23.5 Å². The minimum absolute atomic E-state index is 0.271. The number of benzene rings is 1. The molecule has 2 N–H and O–H groups in total. The number of rotatable bonds is 9. The Labute approximate surface area is 186 Å². The summed E-state index contributed by atoms with van der Waals surface area (Å²) in [6.45, 7) is 6.11. The Balaban J connectivity index is 1.93. The quantitative estimate of drug-likeness (QED) is 0.509. The second kappa shape index (κ2) is 9.95. The summed E-state index contributed by atoms with van der Waals surface area (Å²) >= 11 is 0. The molecule has 0 radical (unpaired) electrons. The first-order valence-corrected chi connectivity index (χ1v) is 10.2. The van der Waals surface area contributed by atoms with Gasteiger partial charge in [-0.2, -0.15) is 0 Å². The van der Waals surface area contributed by atoms with Gasteiger partial charge in [0, 0.05) is 29.8 Å². The van der Waals surface area contributed by atoms with Gasteiger partial charge in [-0.15, -0.1) is 0 Å². The first-order valence-electron chi connectivity index (χ1n) is 10.2. The third-order valence-corrected chi connectivity index (χ3v) is 4.84. The maximum absolute atomic E-state index is 12.9. The van der Waals surface area contributed by atoms with Crippen molar-refractivity contribution in [2.24, 2.45) is 5.73 Å². The molecule has 3 aromatic rings. The first-order chi connectivity index (χ1) is 15.3. The highest BCUT2D eigenvalue weighted by Gasteiger charge is 2.36. The summed E-state index contributed by atoms with van der Waals surface area (Å²) in [6, 6.07) is 10.6. The van der Waals surface area contributed by atoms with Crippen molar-refractivity contribution in [3.05, 3.63) is 55.2 Å². The fourth-order valence-corrected chi connectivity index (χ4v) is 3.25. The molecule has 3 rings (SSSR count). The van der Waals surface area contributed by atoms with Crippen molar-refractivity contribution in [1.82, 2.24) is 9.97 Å². The van der Waals surface area contributed by atoms with Crippen LogP contribution in [-0.4, -0.2) is 40.5 Å². The number of aromatic nitrogens is 2. The van der Waals surface area contributed by atoms with Gasteiger partial charge in [-0.1, -0.05) is 6.07 Å². The van der Waals surface area contributed by atoms with E-state index < -0.39 is 17.4 Å². The Morgan fingerprint density at radius 1 is 1.19 bits per heavy atom. The van der Waals surface area contributed by atoms with E-state index in [2.05, 4.69) is 9.97 Å². The fraction of sp³-hybridized carbons (Fsp3) is 0.304. The summed E-state index contributed by atoms with van der Waals surface area (Å²) in [5.41, 5.74) is 5.69. The Hall–Kier alpha value is -3.88. The minimum atomic E-state index is -1.06. The SMILES string of the molecule is CCOc1cc(-c2cnco2)ccc1N(C(=O)C(N)=O)C(C)(C)CCOc1ccccn1. The first kappa shape index (κ1) is 22.8. The number of hydrogen-bond donors (Lipinski definition) is 1. The Bertz CT molecular complexity index is 1050. The number of carbonyl (C=O) groups is 2. The van der Waals surface area contributed by atoms with Crippen molar-refractivity contribution in [3.63, 3.8) is 0 Å². The Kier molecular flexibility index (Phi) is 7.09. The molecular formula is C23H26N4O5. The number of amides is 2. The molecule has 0 atom stereocenters. The average molecular weight is 438 g/mol. The number of nitrogens with zero attached hydrogens (tertiary/aromatic N) is 3. The van der Waals surface area contributed by atoms with E-state index in [0.29, 0.717) is 36.1 Å². The van der Waals surface area contributed by atoms with Crippen LogP contribution in [0.25, 0.3) is 11.3 Å². The van der Waals surface area contributed by atoms with E-state index in [1.807, 2.05) is 26.8 Å². The van der Waals surface area contributed by atoms with Crippen LogP contribution < -0.4 is 20.1 Å². The predicted octanol–water partition coefficient (Wildman–Crippen LogP) is 3.20. The van der Waals surface area contributed by atoms with Gasteiger partial charge >= 0.3 is 11.8 Å². The second-order valence-corrected chi connectivity index (χ2v) is 7.56. The van der Waals surface area contributed by atoms with Crippen molar-refractivity contribution in [3.8, 4) is 23.0 Å². The summed E-state index contributed by atoms with van der Waals surface area (Å²) in [5.74, 6) is -0.475. The van der Waals surface area contributed by atoms with Crippen molar-refractivity contribution in [2.75, 3.05) is 18.1 Å². The summed E-state index contributed by atoms with van der Waals surface area (Å²) < 4.78 is 16.9. The third kappa shape index (κ3) is 5.23. The van der Waals surface area contributed by atoms with Crippen molar-refractivity contribution >= 4 is 17.5 Å². The van der Waals surface area contributed by atoms with E-state index in [1.165, 1.54) is 11.3 Å². The molecule has 2 amide bonds.